The lowest BCUT2D eigenvalue weighted by Gasteiger charge is -2.42. The number of carbonyl (C=O) groups excluding carboxylic acids is 2. The van der Waals surface area contributed by atoms with Gasteiger partial charge in [-0.1, -0.05) is 43.3 Å². The van der Waals surface area contributed by atoms with Crippen LogP contribution in [0.3, 0.4) is 0 Å². The molecule has 7 rings (SSSR count). The van der Waals surface area contributed by atoms with Crippen molar-refractivity contribution in [2.24, 2.45) is 16.3 Å². The number of aryl methyl sites for hydroxylation is 1. The first kappa shape index (κ1) is 22.5. The maximum Gasteiger partial charge on any atom is 0.256 e. The standard InChI is InChI=1S/C31H31N3O3/c1-19-13-21(22-3-4-24-15-25(35)7-5-23(24)14-22)6-8-26(19)27-32-31(11-12-31)29(37)34(27)18-20-16-33(17-20)28(36)30(2)9-10-30/h3-8,13-15,20,35H,9-12,16-18H2,1-2H3. The number of amidine groups is 1. The molecule has 0 bridgehead atoms. The first-order valence-corrected chi connectivity index (χ1v) is 13.3. The van der Waals surface area contributed by atoms with Crippen molar-refractivity contribution < 1.29 is 14.7 Å². The summed E-state index contributed by atoms with van der Waals surface area (Å²) in [4.78, 5) is 34.9. The van der Waals surface area contributed by atoms with E-state index < -0.39 is 5.54 Å². The number of fused-ring (bicyclic) bond motifs is 1. The van der Waals surface area contributed by atoms with Gasteiger partial charge in [0, 0.05) is 36.5 Å². The van der Waals surface area contributed by atoms with E-state index in [1.165, 1.54) is 0 Å². The van der Waals surface area contributed by atoms with Crippen LogP contribution >= 0.6 is 0 Å². The topological polar surface area (TPSA) is 73.2 Å². The normalized spacial score (nSPS) is 21.4. The van der Waals surface area contributed by atoms with Gasteiger partial charge in [0.25, 0.3) is 5.91 Å². The second-order valence-corrected chi connectivity index (χ2v) is 11.8. The quantitative estimate of drug-likeness (QED) is 0.549. The van der Waals surface area contributed by atoms with E-state index in [0.717, 1.165) is 77.6 Å². The fourth-order valence-electron chi connectivity index (χ4n) is 5.88. The highest BCUT2D eigenvalue weighted by molar-refractivity contribution is 6.17. The van der Waals surface area contributed by atoms with Gasteiger partial charge in [-0.3, -0.25) is 19.5 Å². The molecule has 188 valence electrons. The van der Waals surface area contributed by atoms with Crippen molar-refractivity contribution in [3.63, 3.8) is 0 Å². The fourth-order valence-corrected chi connectivity index (χ4v) is 5.88. The van der Waals surface area contributed by atoms with Crippen molar-refractivity contribution >= 4 is 28.4 Å². The van der Waals surface area contributed by atoms with Crippen molar-refractivity contribution in [3.05, 3.63) is 65.7 Å². The van der Waals surface area contributed by atoms with Crippen LogP contribution < -0.4 is 0 Å². The number of nitrogens with zero attached hydrogens (tertiary/aromatic N) is 3. The minimum Gasteiger partial charge on any atom is -0.508 e. The van der Waals surface area contributed by atoms with Crippen molar-refractivity contribution in [2.45, 2.75) is 45.1 Å². The van der Waals surface area contributed by atoms with Crippen molar-refractivity contribution in [3.8, 4) is 16.9 Å². The zero-order chi connectivity index (χ0) is 25.5. The van der Waals surface area contributed by atoms with E-state index in [4.69, 9.17) is 4.99 Å². The van der Waals surface area contributed by atoms with Crippen molar-refractivity contribution in [1.82, 2.24) is 9.80 Å². The maximum atomic E-state index is 13.4. The Kier molecular flexibility index (Phi) is 4.67. The molecule has 0 unspecified atom stereocenters. The van der Waals surface area contributed by atoms with Gasteiger partial charge in [-0.05, 0) is 78.3 Å². The molecule has 2 aliphatic heterocycles. The first-order valence-electron chi connectivity index (χ1n) is 13.3. The predicted molar refractivity (Wildman–Crippen MR) is 143 cm³/mol. The highest BCUT2D eigenvalue weighted by Gasteiger charge is 2.58. The molecule has 1 spiro atoms. The Morgan fingerprint density at radius 3 is 2.35 bits per heavy atom. The Morgan fingerprint density at radius 2 is 1.65 bits per heavy atom. The Hall–Kier alpha value is -3.67. The average molecular weight is 494 g/mol. The van der Waals surface area contributed by atoms with Crippen LogP contribution in [0.15, 0.2) is 59.6 Å². The Morgan fingerprint density at radius 1 is 0.973 bits per heavy atom. The average Bonchev–Trinajstić information content (AvgIpc) is 3.78. The van der Waals surface area contributed by atoms with Crippen LogP contribution in [0, 0.1) is 18.3 Å². The third-order valence-electron chi connectivity index (χ3n) is 8.77. The lowest BCUT2D eigenvalue weighted by molar-refractivity contribution is -0.143. The molecule has 4 aliphatic rings. The summed E-state index contributed by atoms with van der Waals surface area (Å²) in [6, 6.07) is 18.0. The van der Waals surface area contributed by atoms with E-state index in [1.54, 1.807) is 12.1 Å². The predicted octanol–water partition coefficient (Wildman–Crippen LogP) is 4.90. The monoisotopic (exact) mass is 493 g/mol. The van der Waals surface area contributed by atoms with E-state index >= 15 is 0 Å². The van der Waals surface area contributed by atoms with Crippen LogP contribution in [0.4, 0.5) is 0 Å². The van der Waals surface area contributed by atoms with E-state index in [9.17, 15) is 14.7 Å². The van der Waals surface area contributed by atoms with E-state index in [0.29, 0.717) is 12.5 Å². The van der Waals surface area contributed by atoms with Gasteiger partial charge in [-0.25, -0.2) is 0 Å². The first-order chi connectivity index (χ1) is 17.7. The molecular formula is C31H31N3O3. The van der Waals surface area contributed by atoms with Crippen molar-refractivity contribution in [1.29, 1.82) is 0 Å². The molecule has 3 fully saturated rings. The summed E-state index contributed by atoms with van der Waals surface area (Å²) in [6.45, 7) is 6.23. The molecule has 3 aromatic carbocycles. The number of aliphatic imine (C=N–C) groups is 1. The smallest absolute Gasteiger partial charge is 0.256 e. The number of amides is 2. The van der Waals surface area contributed by atoms with Crippen LogP contribution in [0.2, 0.25) is 0 Å². The van der Waals surface area contributed by atoms with Gasteiger partial charge in [-0.2, -0.15) is 0 Å². The summed E-state index contributed by atoms with van der Waals surface area (Å²) in [6.07, 6.45) is 3.64. The molecule has 0 atom stereocenters. The van der Waals surface area contributed by atoms with Gasteiger partial charge in [-0.15, -0.1) is 0 Å². The summed E-state index contributed by atoms with van der Waals surface area (Å²) < 4.78 is 0. The molecule has 6 nitrogen and oxygen atoms in total. The number of rotatable bonds is 5. The summed E-state index contributed by atoms with van der Waals surface area (Å²) in [5, 5.41) is 11.8. The minimum atomic E-state index is -0.551. The van der Waals surface area contributed by atoms with Crippen LogP contribution in [0.1, 0.15) is 43.7 Å². The number of hydrogen-bond acceptors (Lipinski definition) is 4. The van der Waals surface area contributed by atoms with Crippen LogP contribution in [-0.2, 0) is 9.59 Å². The SMILES string of the molecule is Cc1cc(-c2ccc3cc(O)ccc3c2)ccc1C1=NC2(CC2)C(=O)N1CC1CN(C(=O)C2(C)CC2)C1. The number of aromatic hydroxyl groups is 1. The van der Waals surface area contributed by atoms with Crippen molar-refractivity contribution in [2.75, 3.05) is 19.6 Å². The number of phenolic OH excluding ortho intramolecular Hbond substituents is 1. The Labute approximate surface area is 216 Å². The summed E-state index contributed by atoms with van der Waals surface area (Å²) in [7, 11) is 0. The number of likely N-dealkylation sites (tertiary alicyclic amines) is 1. The molecule has 2 saturated carbocycles. The highest BCUT2D eigenvalue weighted by Crippen LogP contribution is 2.48. The fraction of sp³-hybridized carbons (Fsp3) is 0.387. The van der Waals surface area contributed by atoms with E-state index in [1.807, 2.05) is 21.9 Å². The van der Waals surface area contributed by atoms with Gasteiger partial charge in [0.1, 0.15) is 17.1 Å². The van der Waals surface area contributed by atoms with Crippen LogP contribution in [0.25, 0.3) is 21.9 Å². The largest absolute Gasteiger partial charge is 0.508 e. The lowest BCUT2D eigenvalue weighted by atomic mass is 9.95. The highest BCUT2D eigenvalue weighted by atomic mass is 16.3. The van der Waals surface area contributed by atoms with Gasteiger partial charge in [0.15, 0.2) is 0 Å². The molecule has 37 heavy (non-hydrogen) atoms. The lowest BCUT2D eigenvalue weighted by Crippen LogP contribution is -2.56. The van der Waals surface area contributed by atoms with Crippen LogP contribution in [0.5, 0.6) is 5.75 Å². The van der Waals surface area contributed by atoms with Gasteiger partial charge < -0.3 is 10.0 Å². The zero-order valence-electron chi connectivity index (χ0n) is 21.3. The number of benzene rings is 3. The molecule has 1 N–H and O–H groups in total. The number of hydrogen-bond donors (Lipinski definition) is 1. The maximum absolute atomic E-state index is 13.4. The minimum absolute atomic E-state index is 0.127. The number of carbonyl (C=O) groups is 2. The molecule has 0 aromatic heterocycles. The van der Waals surface area contributed by atoms with Gasteiger partial charge in [0.05, 0.1) is 0 Å². The van der Waals surface area contributed by atoms with Gasteiger partial charge in [0.2, 0.25) is 5.91 Å². The summed E-state index contributed by atoms with van der Waals surface area (Å²) in [5.41, 5.74) is 3.62. The Balaban J connectivity index is 1.13. The molecule has 6 heteroatoms. The third kappa shape index (κ3) is 3.64. The second kappa shape index (κ2) is 7.67. The molecule has 2 aliphatic carbocycles. The summed E-state index contributed by atoms with van der Waals surface area (Å²) >= 11 is 0. The molecule has 1 saturated heterocycles. The number of phenols is 1. The Bertz CT molecular complexity index is 1510. The molecule has 2 heterocycles. The van der Waals surface area contributed by atoms with E-state index in [-0.39, 0.29) is 23.0 Å². The molecular weight excluding hydrogens is 462 g/mol. The molecule has 0 radical (unpaired) electrons. The molecule has 2 amide bonds. The second-order valence-electron chi connectivity index (χ2n) is 11.8. The zero-order valence-corrected chi connectivity index (χ0v) is 21.3. The summed E-state index contributed by atoms with van der Waals surface area (Å²) in [5.74, 6) is 1.76. The van der Waals surface area contributed by atoms with Gasteiger partial charge >= 0.3 is 0 Å². The van der Waals surface area contributed by atoms with Crippen LogP contribution in [-0.4, -0.2) is 57.7 Å². The van der Waals surface area contributed by atoms with E-state index in [2.05, 4.69) is 44.2 Å². The molecule has 3 aromatic rings. The third-order valence-corrected chi connectivity index (χ3v) is 8.77.